The molecule has 2 saturated heterocycles. The number of carbonyl (C=O) groups is 1. The van der Waals surface area contributed by atoms with Crippen LogP contribution in [0, 0.1) is 0 Å². The molecule has 6 heteroatoms. The normalized spacial score (nSPS) is 17.4. The number of amides is 1. The van der Waals surface area contributed by atoms with Crippen LogP contribution < -0.4 is 9.80 Å². The minimum absolute atomic E-state index is 0.0704. The van der Waals surface area contributed by atoms with Gasteiger partial charge in [-0.1, -0.05) is 36.4 Å². The number of hydrogen-bond acceptors (Lipinski definition) is 5. The van der Waals surface area contributed by atoms with Crippen LogP contribution in [0.15, 0.2) is 60.7 Å². The van der Waals surface area contributed by atoms with E-state index in [2.05, 4.69) is 34.1 Å². The third-order valence-corrected chi connectivity index (χ3v) is 5.96. The molecule has 1 amide bonds. The van der Waals surface area contributed by atoms with E-state index in [4.69, 9.17) is 9.72 Å². The summed E-state index contributed by atoms with van der Waals surface area (Å²) in [7, 11) is 0. The van der Waals surface area contributed by atoms with Gasteiger partial charge in [0.2, 0.25) is 0 Å². The fourth-order valence-electron chi connectivity index (χ4n) is 4.27. The third-order valence-electron chi connectivity index (χ3n) is 5.96. The van der Waals surface area contributed by atoms with Crippen molar-refractivity contribution >= 4 is 28.3 Å². The molecule has 0 spiro atoms. The second-order valence-electron chi connectivity index (χ2n) is 7.76. The average molecular weight is 402 g/mol. The number of ether oxygens (including phenoxy) is 1. The zero-order chi connectivity index (χ0) is 20.3. The molecule has 0 bridgehead atoms. The van der Waals surface area contributed by atoms with E-state index < -0.39 is 0 Å². The van der Waals surface area contributed by atoms with Crippen molar-refractivity contribution in [3.05, 3.63) is 66.2 Å². The molecular formula is C24H26N4O2. The lowest BCUT2D eigenvalue weighted by Crippen LogP contribution is -2.47. The number of piperazine rings is 1. The molecule has 0 N–H and O–H groups in total. The highest BCUT2D eigenvalue weighted by Crippen LogP contribution is 2.26. The number of anilines is 2. The number of aromatic nitrogens is 1. The van der Waals surface area contributed by atoms with Crippen molar-refractivity contribution < 1.29 is 9.53 Å². The van der Waals surface area contributed by atoms with Gasteiger partial charge < -0.3 is 19.4 Å². The fraction of sp³-hybridized carbons (Fsp3) is 0.333. The molecule has 0 aliphatic carbocycles. The lowest BCUT2D eigenvalue weighted by molar-refractivity contribution is 0.0304. The van der Waals surface area contributed by atoms with Crippen molar-refractivity contribution in [3.63, 3.8) is 0 Å². The Labute approximate surface area is 176 Å². The number of fused-ring (bicyclic) bond motifs is 1. The molecule has 2 fully saturated rings. The van der Waals surface area contributed by atoms with E-state index in [-0.39, 0.29) is 5.91 Å². The van der Waals surface area contributed by atoms with Gasteiger partial charge in [0.05, 0.1) is 24.3 Å². The number of rotatable bonds is 3. The van der Waals surface area contributed by atoms with Crippen LogP contribution in [0.5, 0.6) is 0 Å². The van der Waals surface area contributed by atoms with E-state index >= 15 is 0 Å². The van der Waals surface area contributed by atoms with E-state index in [9.17, 15) is 4.79 Å². The number of carbonyl (C=O) groups excluding carboxylic acids is 1. The van der Waals surface area contributed by atoms with E-state index in [0.717, 1.165) is 48.5 Å². The predicted molar refractivity (Wildman–Crippen MR) is 119 cm³/mol. The molecule has 0 unspecified atom stereocenters. The maximum Gasteiger partial charge on any atom is 0.254 e. The summed E-state index contributed by atoms with van der Waals surface area (Å²) >= 11 is 0. The highest BCUT2D eigenvalue weighted by Gasteiger charge is 2.24. The van der Waals surface area contributed by atoms with Crippen LogP contribution in [0.3, 0.4) is 0 Å². The van der Waals surface area contributed by atoms with Crippen molar-refractivity contribution in [2.45, 2.75) is 0 Å². The van der Waals surface area contributed by atoms with E-state index in [0.29, 0.717) is 26.3 Å². The van der Waals surface area contributed by atoms with E-state index in [1.165, 1.54) is 5.69 Å². The first-order valence-corrected chi connectivity index (χ1v) is 10.6. The summed E-state index contributed by atoms with van der Waals surface area (Å²) in [6.45, 7) is 6.11. The molecule has 2 aliphatic heterocycles. The van der Waals surface area contributed by atoms with Gasteiger partial charge in [-0.2, -0.15) is 0 Å². The molecule has 0 atom stereocenters. The summed E-state index contributed by atoms with van der Waals surface area (Å²) in [6, 6.07) is 20.4. The Bertz CT molecular complexity index is 1030. The Hall–Kier alpha value is -3.12. The van der Waals surface area contributed by atoms with E-state index in [1.807, 2.05) is 41.3 Å². The number of benzene rings is 2. The van der Waals surface area contributed by atoms with Gasteiger partial charge in [-0.3, -0.25) is 4.79 Å². The Morgan fingerprint density at radius 2 is 1.47 bits per heavy atom. The second kappa shape index (κ2) is 8.32. The predicted octanol–water partition coefficient (Wildman–Crippen LogP) is 3.03. The first-order chi connectivity index (χ1) is 14.8. The molecule has 2 aliphatic rings. The van der Waals surface area contributed by atoms with Gasteiger partial charge >= 0.3 is 0 Å². The van der Waals surface area contributed by atoms with Crippen molar-refractivity contribution in [1.29, 1.82) is 0 Å². The minimum Gasteiger partial charge on any atom is -0.378 e. The van der Waals surface area contributed by atoms with Crippen LogP contribution in [0.1, 0.15) is 10.4 Å². The number of hydrogen-bond donors (Lipinski definition) is 0. The molecule has 5 rings (SSSR count). The topological polar surface area (TPSA) is 48.9 Å². The molecule has 6 nitrogen and oxygen atoms in total. The monoisotopic (exact) mass is 402 g/mol. The van der Waals surface area contributed by atoms with Gasteiger partial charge in [0, 0.05) is 50.3 Å². The lowest BCUT2D eigenvalue weighted by Gasteiger charge is -2.37. The first kappa shape index (κ1) is 18.9. The Morgan fingerprint density at radius 1 is 0.800 bits per heavy atom. The number of para-hydroxylation sites is 2. The minimum atomic E-state index is 0.0704. The summed E-state index contributed by atoms with van der Waals surface area (Å²) in [6.07, 6.45) is 0. The summed E-state index contributed by atoms with van der Waals surface area (Å²) in [4.78, 5) is 24.8. The average Bonchev–Trinajstić information content (AvgIpc) is 2.84. The summed E-state index contributed by atoms with van der Waals surface area (Å²) in [5, 5.41) is 0.917. The summed E-state index contributed by atoms with van der Waals surface area (Å²) < 4.78 is 5.42. The Morgan fingerprint density at radius 3 is 2.23 bits per heavy atom. The van der Waals surface area contributed by atoms with Gasteiger partial charge in [-0.05, 0) is 24.3 Å². The SMILES string of the molecule is O=C(c1cc(N2CCN(c3ccccc3)CC2)nc2ccccc12)N1CCOCC1. The van der Waals surface area contributed by atoms with Gasteiger partial charge in [-0.15, -0.1) is 0 Å². The second-order valence-corrected chi connectivity index (χ2v) is 7.76. The molecule has 3 heterocycles. The standard InChI is InChI=1S/C24H26N4O2/c29-24(28-14-16-30-17-15-28)21-18-23(25-22-9-5-4-8-20(21)22)27-12-10-26(11-13-27)19-6-2-1-3-7-19/h1-9,18H,10-17H2. The van der Waals surface area contributed by atoms with E-state index in [1.54, 1.807) is 0 Å². The molecule has 2 aromatic carbocycles. The van der Waals surface area contributed by atoms with Crippen LogP contribution in [0.4, 0.5) is 11.5 Å². The first-order valence-electron chi connectivity index (χ1n) is 10.6. The number of pyridine rings is 1. The largest absolute Gasteiger partial charge is 0.378 e. The van der Waals surface area contributed by atoms with Crippen molar-refractivity contribution in [3.8, 4) is 0 Å². The molecule has 1 aromatic heterocycles. The zero-order valence-corrected chi connectivity index (χ0v) is 17.0. The van der Waals surface area contributed by atoms with Crippen molar-refractivity contribution in [2.24, 2.45) is 0 Å². The van der Waals surface area contributed by atoms with Gasteiger partial charge in [0.25, 0.3) is 5.91 Å². The summed E-state index contributed by atoms with van der Waals surface area (Å²) in [5.74, 6) is 0.957. The number of morpholine rings is 1. The molecule has 30 heavy (non-hydrogen) atoms. The van der Waals surface area contributed by atoms with Crippen molar-refractivity contribution in [2.75, 3.05) is 62.3 Å². The van der Waals surface area contributed by atoms with Gasteiger partial charge in [-0.25, -0.2) is 4.98 Å². The summed E-state index contributed by atoms with van der Waals surface area (Å²) in [5.41, 5.74) is 2.87. The lowest BCUT2D eigenvalue weighted by atomic mass is 10.1. The fourth-order valence-corrected chi connectivity index (χ4v) is 4.27. The third kappa shape index (κ3) is 3.71. The van der Waals surface area contributed by atoms with Crippen molar-refractivity contribution in [1.82, 2.24) is 9.88 Å². The molecule has 0 saturated carbocycles. The maximum atomic E-state index is 13.3. The number of nitrogens with zero attached hydrogens (tertiary/aromatic N) is 4. The van der Waals surface area contributed by atoms with Crippen LogP contribution in [-0.4, -0.2) is 68.3 Å². The zero-order valence-electron chi connectivity index (χ0n) is 17.0. The molecule has 154 valence electrons. The van der Waals surface area contributed by atoms with Gasteiger partial charge in [0.1, 0.15) is 5.82 Å². The smallest absolute Gasteiger partial charge is 0.254 e. The van der Waals surface area contributed by atoms with Crippen LogP contribution in [0.2, 0.25) is 0 Å². The van der Waals surface area contributed by atoms with Gasteiger partial charge in [0.15, 0.2) is 0 Å². The molecule has 3 aromatic rings. The van der Waals surface area contributed by atoms with Crippen LogP contribution in [-0.2, 0) is 4.74 Å². The quantitative estimate of drug-likeness (QED) is 0.674. The highest BCUT2D eigenvalue weighted by molar-refractivity contribution is 6.07. The Kier molecular flexibility index (Phi) is 5.24. The van der Waals surface area contributed by atoms with Crippen LogP contribution in [0.25, 0.3) is 10.9 Å². The Balaban J connectivity index is 1.42. The maximum absolute atomic E-state index is 13.3. The molecule has 0 radical (unpaired) electrons. The highest BCUT2D eigenvalue weighted by atomic mass is 16.5. The van der Waals surface area contributed by atoms with Crippen LogP contribution >= 0.6 is 0 Å². The molecular weight excluding hydrogens is 376 g/mol.